The first kappa shape index (κ1) is 19.3. The number of carbonyl (C=O) groups excluding carboxylic acids is 1. The van der Waals surface area contributed by atoms with Gasteiger partial charge in [-0.2, -0.15) is 0 Å². The van der Waals surface area contributed by atoms with Crippen LogP contribution in [-0.4, -0.2) is 43.6 Å². The molecule has 30 heavy (non-hydrogen) atoms. The maximum absolute atomic E-state index is 13.1. The molecule has 6 heteroatoms. The highest BCUT2D eigenvalue weighted by atomic mass is 16.2. The molecule has 2 fully saturated rings. The number of rotatable bonds is 7. The Morgan fingerprint density at radius 3 is 2.97 bits per heavy atom. The third kappa shape index (κ3) is 3.32. The van der Waals surface area contributed by atoms with Crippen molar-refractivity contribution in [3.05, 3.63) is 48.2 Å². The van der Waals surface area contributed by atoms with Gasteiger partial charge in [0.2, 0.25) is 5.91 Å². The van der Waals surface area contributed by atoms with Crippen LogP contribution >= 0.6 is 0 Å². The monoisotopic (exact) mass is 405 g/mol. The summed E-state index contributed by atoms with van der Waals surface area (Å²) in [6, 6.07) is 8.38. The van der Waals surface area contributed by atoms with Gasteiger partial charge in [-0.05, 0) is 49.1 Å². The third-order valence-corrected chi connectivity index (χ3v) is 7.28. The van der Waals surface area contributed by atoms with E-state index in [0.29, 0.717) is 18.2 Å². The quantitative estimate of drug-likeness (QED) is 0.638. The molecule has 3 aromatic rings. The molecule has 2 aliphatic rings. The molecule has 158 valence electrons. The van der Waals surface area contributed by atoms with Crippen molar-refractivity contribution < 1.29 is 4.79 Å². The molecule has 3 heterocycles. The van der Waals surface area contributed by atoms with E-state index >= 15 is 0 Å². The van der Waals surface area contributed by atoms with Crippen molar-refractivity contribution in [1.82, 2.24) is 24.6 Å². The lowest BCUT2D eigenvalue weighted by Gasteiger charge is -2.42. The zero-order valence-corrected chi connectivity index (χ0v) is 17.8. The van der Waals surface area contributed by atoms with Gasteiger partial charge in [0.25, 0.3) is 0 Å². The molecule has 0 radical (unpaired) electrons. The second-order valence-corrected chi connectivity index (χ2v) is 9.14. The Bertz CT molecular complexity index is 1030. The summed E-state index contributed by atoms with van der Waals surface area (Å²) in [7, 11) is 0. The summed E-state index contributed by atoms with van der Waals surface area (Å²) in [5, 5.41) is 9.95. The molecular formula is C24H31N5O. The van der Waals surface area contributed by atoms with Gasteiger partial charge in [0.05, 0.1) is 0 Å². The van der Waals surface area contributed by atoms with Crippen LogP contribution < -0.4 is 0 Å². The van der Waals surface area contributed by atoms with Crippen LogP contribution in [0.25, 0.3) is 10.9 Å². The summed E-state index contributed by atoms with van der Waals surface area (Å²) >= 11 is 0. The lowest BCUT2D eigenvalue weighted by Crippen LogP contribution is -2.38. The molecule has 1 unspecified atom stereocenters. The van der Waals surface area contributed by atoms with Gasteiger partial charge in [0.15, 0.2) is 0 Å². The molecule has 1 amide bonds. The Labute approximate surface area is 177 Å². The fraction of sp³-hybridized carbons (Fsp3) is 0.542. The summed E-state index contributed by atoms with van der Waals surface area (Å²) in [5.41, 5.74) is 2.70. The first-order valence-electron chi connectivity index (χ1n) is 11.4. The van der Waals surface area contributed by atoms with Crippen molar-refractivity contribution in [1.29, 1.82) is 0 Å². The summed E-state index contributed by atoms with van der Waals surface area (Å²) < 4.78 is 2.20. The first-order valence-corrected chi connectivity index (χ1v) is 11.4. The number of hydrogen-bond donors (Lipinski definition) is 1. The molecule has 5 rings (SSSR count). The zero-order valence-electron chi connectivity index (χ0n) is 17.8. The first-order chi connectivity index (χ1) is 14.7. The van der Waals surface area contributed by atoms with Crippen molar-refractivity contribution in [3.8, 4) is 0 Å². The van der Waals surface area contributed by atoms with Crippen LogP contribution in [0, 0.1) is 5.41 Å². The van der Waals surface area contributed by atoms with Crippen LogP contribution in [0.1, 0.15) is 62.8 Å². The van der Waals surface area contributed by atoms with Crippen molar-refractivity contribution >= 4 is 16.8 Å². The van der Waals surface area contributed by atoms with E-state index in [1.807, 2.05) is 12.4 Å². The highest BCUT2D eigenvalue weighted by Gasteiger charge is 2.53. The summed E-state index contributed by atoms with van der Waals surface area (Å²) in [6.45, 7) is 4.82. The number of amides is 1. The highest BCUT2D eigenvalue weighted by molar-refractivity contribution is 5.83. The van der Waals surface area contributed by atoms with Gasteiger partial charge in [-0.3, -0.25) is 4.79 Å². The van der Waals surface area contributed by atoms with Gasteiger partial charge >= 0.3 is 0 Å². The molecule has 1 saturated carbocycles. The largest absolute Gasteiger partial charge is 0.361 e. The minimum atomic E-state index is 0.227. The van der Waals surface area contributed by atoms with Gasteiger partial charge in [-0.1, -0.05) is 31.5 Å². The Balaban J connectivity index is 1.23. The number of likely N-dealkylation sites (tertiary alicyclic amines) is 1. The maximum Gasteiger partial charge on any atom is 0.222 e. The lowest BCUT2D eigenvalue weighted by molar-refractivity contribution is -0.130. The second-order valence-electron chi connectivity index (χ2n) is 9.14. The standard InChI is InChI=1S/C24H31N5O/c1-2-13-28-17-26-27-23(28)20-15-29(16-24(20)11-6-12-24)22(30)10-5-7-18-14-25-21-9-4-3-8-19(18)21/h3-4,8-9,14,17,20,25H,2,5-7,10-13,15-16H2,1H3. The number of nitrogens with one attached hydrogen (secondary N) is 1. The number of aryl methyl sites for hydroxylation is 2. The average Bonchev–Trinajstić information content (AvgIpc) is 3.44. The number of aromatic amines is 1. The predicted octanol–water partition coefficient (Wildman–Crippen LogP) is 4.29. The van der Waals surface area contributed by atoms with Gasteiger partial charge in [0.1, 0.15) is 12.2 Å². The van der Waals surface area contributed by atoms with Crippen LogP contribution in [0.15, 0.2) is 36.8 Å². The van der Waals surface area contributed by atoms with E-state index < -0.39 is 0 Å². The Hall–Kier alpha value is -2.63. The molecule has 2 aromatic heterocycles. The van der Waals surface area contributed by atoms with E-state index in [-0.39, 0.29) is 5.41 Å². The van der Waals surface area contributed by atoms with E-state index in [1.165, 1.54) is 35.7 Å². The molecule has 1 aromatic carbocycles. The molecule has 1 saturated heterocycles. The molecule has 1 atom stereocenters. The molecule has 6 nitrogen and oxygen atoms in total. The van der Waals surface area contributed by atoms with E-state index in [1.54, 1.807) is 0 Å². The molecule has 1 spiro atoms. The predicted molar refractivity (Wildman–Crippen MR) is 117 cm³/mol. The van der Waals surface area contributed by atoms with Crippen molar-refractivity contribution in [2.45, 2.75) is 64.3 Å². The third-order valence-electron chi connectivity index (χ3n) is 7.28. The van der Waals surface area contributed by atoms with E-state index in [0.717, 1.165) is 44.7 Å². The SMILES string of the molecule is CCCn1cnnc1C1CN(C(=O)CCCc2c[nH]c3ccccc23)CC12CCC2. The smallest absolute Gasteiger partial charge is 0.222 e. The molecule has 1 N–H and O–H groups in total. The Kier molecular flexibility index (Phi) is 5.09. The Morgan fingerprint density at radius 1 is 1.30 bits per heavy atom. The second kappa shape index (κ2) is 7.89. The number of para-hydroxylation sites is 1. The molecular weight excluding hydrogens is 374 g/mol. The number of nitrogens with zero attached hydrogens (tertiary/aromatic N) is 4. The van der Waals surface area contributed by atoms with Crippen molar-refractivity contribution in [2.75, 3.05) is 13.1 Å². The van der Waals surface area contributed by atoms with Crippen LogP contribution in [0.2, 0.25) is 0 Å². The number of aromatic nitrogens is 4. The number of hydrogen-bond acceptors (Lipinski definition) is 3. The molecule has 1 aliphatic carbocycles. The van der Waals surface area contributed by atoms with Crippen molar-refractivity contribution in [3.63, 3.8) is 0 Å². The average molecular weight is 406 g/mol. The van der Waals surface area contributed by atoms with Gasteiger partial charge in [-0.15, -0.1) is 10.2 Å². The van der Waals surface area contributed by atoms with Crippen LogP contribution in [0.4, 0.5) is 0 Å². The number of H-pyrrole nitrogens is 1. The molecule has 0 bridgehead atoms. The number of carbonyl (C=O) groups is 1. The number of fused-ring (bicyclic) bond motifs is 1. The van der Waals surface area contributed by atoms with Gasteiger partial charge < -0.3 is 14.5 Å². The van der Waals surface area contributed by atoms with Crippen LogP contribution in [-0.2, 0) is 17.8 Å². The Morgan fingerprint density at radius 2 is 2.17 bits per heavy atom. The summed E-state index contributed by atoms with van der Waals surface area (Å²) in [5.74, 6) is 1.72. The molecule has 1 aliphatic heterocycles. The minimum Gasteiger partial charge on any atom is -0.361 e. The summed E-state index contributed by atoms with van der Waals surface area (Å²) in [6.07, 6.45) is 11.1. The highest BCUT2D eigenvalue weighted by Crippen LogP contribution is 2.55. The topological polar surface area (TPSA) is 66.8 Å². The maximum atomic E-state index is 13.1. The van der Waals surface area contributed by atoms with Crippen molar-refractivity contribution in [2.24, 2.45) is 5.41 Å². The van der Waals surface area contributed by atoms with E-state index in [4.69, 9.17) is 0 Å². The fourth-order valence-electron chi connectivity index (χ4n) is 5.53. The van der Waals surface area contributed by atoms with Crippen LogP contribution in [0.5, 0.6) is 0 Å². The normalized spacial score (nSPS) is 20.2. The van der Waals surface area contributed by atoms with Gasteiger partial charge in [0, 0.05) is 49.1 Å². The van der Waals surface area contributed by atoms with E-state index in [9.17, 15) is 4.79 Å². The minimum absolute atomic E-state index is 0.227. The van der Waals surface area contributed by atoms with E-state index in [2.05, 4.69) is 56.0 Å². The zero-order chi connectivity index (χ0) is 20.6. The summed E-state index contributed by atoms with van der Waals surface area (Å²) in [4.78, 5) is 18.5. The van der Waals surface area contributed by atoms with Gasteiger partial charge in [-0.25, -0.2) is 0 Å². The lowest BCUT2D eigenvalue weighted by atomic mass is 9.62. The number of benzene rings is 1. The van der Waals surface area contributed by atoms with Crippen LogP contribution in [0.3, 0.4) is 0 Å². The fourth-order valence-corrected chi connectivity index (χ4v) is 5.53.